The lowest BCUT2D eigenvalue weighted by Gasteiger charge is -2.48. The Morgan fingerprint density at radius 2 is 1.88 bits per heavy atom. The maximum atomic E-state index is 9.38. The van der Waals surface area contributed by atoms with Gasteiger partial charge in [-0.15, -0.1) is 0 Å². The molecule has 3 atom stereocenters. The van der Waals surface area contributed by atoms with Crippen LogP contribution in [-0.2, 0) is 0 Å². The van der Waals surface area contributed by atoms with Crippen molar-refractivity contribution in [2.45, 2.75) is 36.9 Å². The molecule has 0 bridgehead atoms. The fourth-order valence-corrected chi connectivity index (χ4v) is 5.38. The van der Waals surface area contributed by atoms with Crippen LogP contribution >= 0.6 is 15.9 Å². The Hall–Kier alpha value is -1.06. The molecular weight excluding hydrogens is 276 g/mol. The molecule has 17 heavy (non-hydrogen) atoms. The molecule has 3 heteroatoms. The van der Waals surface area contributed by atoms with Crippen molar-refractivity contribution in [1.82, 2.24) is 0 Å². The van der Waals surface area contributed by atoms with Crippen molar-refractivity contribution < 1.29 is 0 Å². The summed E-state index contributed by atoms with van der Waals surface area (Å²) in [6.45, 7) is 0. The second kappa shape index (κ2) is 3.47. The quantitative estimate of drug-likeness (QED) is 0.639. The fraction of sp³-hybridized carbons (Fsp3) is 0.571. The first kappa shape index (κ1) is 11.1. The van der Waals surface area contributed by atoms with Gasteiger partial charge in [0.2, 0.25) is 0 Å². The largest absolute Gasteiger partial charge is 0.193 e. The van der Waals surface area contributed by atoms with Crippen molar-refractivity contribution in [2.75, 3.05) is 0 Å². The molecule has 3 aliphatic rings. The molecule has 0 saturated heterocycles. The Kier molecular flexibility index (Phi) is 2.25. The SMILES string of the molecule is N#CC1=C[C@H](Br)[C@]23CCCC[C@]12CC=C3C#N. The molecule has 0 unspecified atom stereocenters. The van der Waals surface area contributed by atoms with E-state index in [-0.39, 0.29) is 15.7 Å². The van der Waals surface area contributed by atoms with E-state index in [0.29, 0.717) is 0 Å². The van der Waals surface area contributed by atoms with Gasteiger partial charge < -0.3 is 0 Å². The number of hydrogen-bond donors (Lipinski definition) is 0. The van der Waals surface area contributed by atoms with E-state index in [9.17, 15) is 10.5 Å². The van der Waals surface area contributed by atoms with E-state index in [1.807, 2.05) is 0 Å². The zero-order valence-corrected chi connectivity index (χ0v) is 11.1. The molecule has 0 aromatic carbocycles. The third kappa shape index (κ3) is 1.04. The molecule has 0 heterocycles. The molecule has 0 aliphatic heterocycles. The van der Waals surface area contributed by atoms with Crippen LogP contribution in [0.15, 0.2) is 23.3 Å². The first-order valence-electron chi connectivity index (χ1n) is 6.08. The average Bonchev–Trinajstić information content (AvgIpc) is 2.82. The van der Waals surface area contributed by atoms with Gasteiger partial charge in [0.05, 0.1) is 12.1 Å². The van der Waals surface area contributed by atoms with Gasteiger partial charge in [0.1, 0.15) is 0 Å². The number of alkyl halides is 1. The summed E-state index contributed by atoms with van der Waals surface area (Å²) in [7, 11) is 0. The van der Waals surface area contributed by atoms with Gasteiger partial charge in [0.25, 0.3) is 0 Å². The van der Waals surface area contributed by atoms with E-state index in [1.165, 1.54) is 6.42 Å². The highest BCUT2D eigenvalue weighted by atomic mass is 79.9. The summed E-state index contributed by atoms with van der Waals surface area (Å²) in [5.74, 6) is 0. The molecule has 2 nitrogen and oxygen atoms in total. The van der Waals surface area contributed by atoms with Crippen molar-refractivity contribution in [3.8, 4) is 12.1 Å². The number of rotatable bonds is 0. The molecule has 0 aromatic heterocycles. The van der Waals surface area contributed by atoms with Crippen LogP contribution in [0.4, 0.5) is 0 Å². The maximum absolute atomic E-state index is 9.38. The third-order valence-corrected chi connectivity index (χ3v) is 6.00. The van der Waals surface area contributed by atoms with Crippen LogP contribution in [0, 0.1) is 33.5 Å². The van der Waals surface area contributed by atoms with Gasteiger partial charge in [-0.1, -0.05) is 40.9 Å². The van der Waals surface area contributed by atoms with Crippen molar-refractivity contribution in [2.24, 2.45) is 10.8 Å². The summed E-state index contributed by atoms with van der Waals surface area (Å²) in [5.41, 5.74) is 1.62. The van der Waals surface area contributed by atoms with Crippen molar-refractivity contribution in [3.05, 3.63) is 23.3 Å². The smallest absolute Gasteiger partial charge is 0.0950 e. The minimum absolute atomic E-state index is 0.0702. The molecule has 1 fully saturated rings. The standard InChI is InChI=1S/C14H13BrN2/c15-12-7-11(9-17)13-4-1-2-5-14(12,13)10(8-16)3-6-13/h3,7,12H,1-2,4-6H2/t12-,13-,14+/m0/s1. The Morgan fingerprint density at radius 3 is 2.59 bits per heavy atom. The van der Waals surface area contributed by atoms with E-state index < -0.39 is 0 Å². The van der Waals surface area contributed by atoms with Gasteiger partial charge in [-0.05, 0) is 19.3 Å². The summed E-state index contributed by atoms with van der Waals surface area (Å²) >= 11 is 3.72. The summed E-state index contributed by atoms with van der Waals surface area (Å²) in [5, 5.41) is 18.8. The van der Waals surface area contributed by atoms with E-state index in [1.54, 1.807) is 0 Å². The number of nitriles is 2. The fourth-order valence-electron chi connectivity index (χ4n) is 4.20. The molecule has 0 spiro atoms. The van der Waals surface area contributed by atoms with E-state index in [2.05, 4.69) is 40.2 Å². The van der Waals surface area contributed by atoms with Crippen LogP contribution in [0.5, 0.6) is 0 Å². The van der Waals surface area contributed by atoms with E-state index in [4.69, 9.17) is 0 Å². The van der Waals surface area contributed by atoms with E-state index in [0.717, 1.165) is 36.8 Å². The zero-order chi connectivity index (χ0) is 12.1. The van der Waals surface area contributed by atoms with Crippen molar-refractivity contribution >= 4 is 15.9 Å². The molecular formula is C14H13BrN2. The number of hydrogen-bond acceptors (Lipinski definition) is 2. The second-order valence-corrected chi connectivity index (χ2v) is 6.27. The van der Waals surface area contributed by atoms with Gasteiger partial charge >= 0.3 is 0 Å². The second-order valence-electron chi connectivity index (χ2n) is 5.29. The van der Waals surface area contributed by atoms with Crippen LogP contribution < -0.4 is 0 Å². The van der Waals surface area contributed by atoms with Gasteiger partial charge in [0.15, 0.2) is 0 Å². The molecule has 0 N–H and O–H groups in total. The highest BCUT2D eigenvalue weighted by molar-refractivity contribution is 9.09. The minimum atomic E-state index is -0.120. The summed E-state index contributed by atoms with van der Waals surface area (Å²) < 4.78 is 0. The lowest BCUT2D eigenvalue weighted by molar-refractivity contribution is 0.104. The monoisotopic (exact) mass is 288 g/mol. The predicted molar refractivity (Wildman–Crippen MR) is 68.1 cm³/mol. The molecule has 1 saturated carbocycles. The molecule has 86 valence electrons. The predicted octanol–water partition coefficient (Wildman–Crippen LogP) is 3.61. The van der Waals surface area contributed by atoms with Gasteiger partial charge in [-0.3, -0.25) is 0 Å². The Labute approximate surface area is 110 Å². The molecule has 0 aromatic rings. The molecule has 3 aliphatic carbocycles. The lowest BCUT2D eigenvalue weighted by atomic mass is 9.55. The minimum Gasteiger partial charge on any atom is -0.193 e. The topological polar surface area (TPSA) is 47.6 Å². The number of halogens is 1. The van der Waals surface area contributed by atoms with Crippen molar-refractivity contribution in [3.63, 3.8) is 0 Å². The lowest BCUT2D eigenvalue weighted by Crippen LogP contribution is -2.44. The summed E-state index contributed by atoms with van der Waals surface area (Å²) in [6.07, 6.45) is 9.42. The van der Waals surface area contributed by atoms with Crippen LogP contribution in [0.3, 0.4) is 0 Å². The molecule has 3 rings (SSSR count). The molecule has 0 amide bonds. The van der Waals surface area contributed by atoms with Crippen LogP contribution in [-0.4, -0.2) is 4.83 Å². The van der Waals surface area contributed by atoms with Crippen molar-refractivity contribution in [1.29, 1.82) is 10.5 Å². The first-order chi connectivity index (χ1) is 8.21. The molecule has 0 radical (unpaired) electrons. The first-order valence-corrected chi connectivity index (χ1v) is 7.00. The van der Waals surface area contributed by atoms with E-state index >= 15 is 0 Å². The van der Waals surface area contributed by atoms with Crippen LogP contribution in [0.25, 0.3) is 0 Å². The Bertz CT molecular complexity index is 519. The highest BCUT2D eigenvalue weighted by Gasteiger charge is 2.65. The Morgan fingerprint density at radius 1 is 1.18 bits per heavy atom. The maximum Gasteiger partial charge on any atom is 0.0950 e. The number of allylic oxidation sites excluding steroid dienone is 4. The van der Waals surface area contributed by atoms with Gasteiger partial charge in [-0.2, -0.15) is 10.5 Å². The third-order valence-electron chi connectivity index (χ3n) is 4.95. The average molecular weight is 289 g/mol. The van der Waals surface area contributed by atoms with Gasteiger partial charge in [-0.25, -0.2) is 0 Å². The summed E-state index contributed by atoms with van der Waals surface area (Å²) in [6, 6.07) is 4.77. The number of nitrogens with zero attached hydrogens (tertiary/aromatic N) is 2. The zero-order valence-electron chi connectivity index (χ0n) is 9.54. The van der Waals surface area contributed by atoms with Gasteiger partial charge in [0, 0.05) is 26.8 Å². The van der Waals surface area contributed by atoms with Crippen LogP contribution in [0.2, 0.25) is 0 Å². The highest BCUT2D eigenvalue weighted by Crippen LogP contribution is 2.70. The van der Waals surface area contributed by atoms with Crippen LogP contribution in [0.1, 0.15) is 32.1 Å². The Balaban J connectivity index is 2.21. The summed E-state index contributed by atoms with van der Waals surface area (Å²) in [4.78, 5) is 0.151. The normalized spacial score (nSPS) is 42.9.